The lowest BCUT2D eigenvalue weighted by atomic mass is 9.99. The summed E-state index contributed by atoms with van der Waals surface area (Å²) >= 11 is 0. The maximum Gasteiger partial charge on any atom is 0.120 e. The first-order valence-electron chi connectivity index (χ1n) is 4.05. The minimum absolute atomic E-state index is 0.112. The second-order valence-electron chi connectivity index (χ2n) is 3.18. The van der Waals surface area contributed by atoms with Gasteiger partial charge in [0.1, 0.15) is 6.29 Å². The highest BCUT2D eigenvalue weighted by atomic mass is 16.5. The van der Waals surface area contributed by atoms with E-state index >= 15 is 0 Å². The van der Waals surface area contributed by atoms with Crippen LogP contribution in [0.15, 0.2) is 0 Å². The third kappa shape index (κ3) is 2.60. The predicted molar refractivity (Wildman–Crippen MR) is 42.5 cm³/mol. The molecule has 1 aliphatic heterocycles. The van der Waals surface area contributed by atoms with Crippen molar-refractivity contribution in [2.45, 2.75) is 25.4 Å². The molecular weight excluding hydrogens is 142 g/mol. The predicted octanol–water partition coefficient (Wildman–Crippen LogP) is 0.344. The maximum absolute atomic E-state index is 10.1. The van der Waals surface area contributed by atoms with Crippen LogP contribution in [0.25, 0.3) is 0 Å². The van der Waals surface area contributed by atoms with Crippen LogP contribution in [0.5, 0.6) is 0 Å². The minimum Gasteiger partial charge on any atom is -0.373 e. The van der Waals surface area contributed by atoms with E-state index < -0.39 is 0 Å². The van der Waals surface area contributed by atoms with Crippen molar-refractivity contribution < 1.29 is 9.53 Å². The molecule has 0 amide bonds. The molecular formula is C8H15NO2. The van der Waals surface area contributed by atoms with Gasteiger partial charge in [-0.15, -0.1) is 0 Å². The summed E-state index contributed by atoms with van der Waals surface area (Å²) in [5.74, 6) is 0. The van der Waals surface area contributed by atoms with Gasteiger partial charge in [0.2, 0.25) is 0 Å². The number of morpholine rings is 1. The number of nitrogens with one attached hydrogen (secondary N) is 1. The van der Waals surface area contributed by atoms with E-state index in [0.717, 1.165) is 32.4 Å². The topological polar surface area (TPSA) is 38.3 Å². The Morgan fingerprint density at radius 1 is 1.73 bits per heavy atom. The number of carbonyl (C=O) groups excluding carboxylic acids is 1. The van der Waals surface area contributed by atoms with Gasteiger partial charge in [-0.2, -0.15) is 0 Å². The highest BCUT2D eigenvalue weighted by molar-refractivity contribution is 5.49. The smallest absolute Gasteiger partial charge is 0.120 e. The van der Waals surface area contributed by atoms with Crippen molar-refractivity contribution in [3.05, 3.63) is 0 Å². The van der Waals surface area contributed by atoms with Gasteiger partial charge in [0, 0.05) is 19.5 Å². The first-order valence-corrected chi connectivity index (χ1v) is 4.05. The summed E-state index contributed by atoms with van der Waals surface area (Å²) in [5, 5.41) is 3.24. The molecule has 0 aliphatic carbocycles. The third-order valence-corrected chi connectivity index (χ3v) is 2.02. The molecule has 0 spiro atoms. The van der Waals surface area contributed by atoms with Gasteiger partial charge in [0.25, 0.3) is 0 Å². The third-order valence-electron chi connectivity index (χ3n) is 2.02. The molecule has 1 N–H and O–H groups in total. The largest absolute Gasteiger partial charge is 0.373 e. The fraction of sp³-hybridized carbons (Fsp3) is 0.875. The number of ether oxygens (including phenoxy) is 1. The molecule has 0 radical (unpaired) electrons. The van der Waals surface area contributed by atoms with Crippen LogP contribution in [0.1, 0.15) is 19.8 Å². The van der Waals surface area contributed by atoms with E-state index in [1.165, 1.54) is 0 Å². The molecule has 0 bridgehead atoms. The molecule has 1 heterocycles. The van der Waals surface area contributed by atoms with Crippen molar-refractivity contribution in [3.8, 4) is 0 Å². The lowest BCUT2D eigenvalue weighted by molar-refractivity contribution is -0.110. The van der Waals surface area contributed by atoms with Gasteiger partial charge in [-0.05, 0) is 13.3 Å². The highest BCUT2D eigenvalue weighted by Crippen LogP contribution is 2.17. The normalized spacial score (nSPS) is 31.7. The summed E-state index contributed by atoms with van der Waals surface area (Å²) in [7, 11) is 0. The molecule has 0 aromatic carbocycles. The van der Waals surface area contributed by atoms with Crippen molar-refractivity contribution >= 4 is 6.29 Å². The van der Waals surface area contributed by atoms with Crippen molar-refractivity contribution in [2.75, 3.05) is 19.7 Å². The average Bonchev–Trinajstić information content (AvgIpc) is 2.03. The fourth-order valence-corrected chi connectivity index (χ4v) is 1.30. The summed E-state index contributed by atoms with van der Waals surface area (Å²) in [6.07, 6.45) is 2.37. The molecule has 1 rings (SSSR count). The van der Waals surface area contributed by atoms with E-state index in [9.17, 15) is 4.79 Å². The van der Waals surface area contributed by atoms with E-state index in [4.69, 9.17) is 4.74 Å². The molecule has 1 saturated heterocycles. The SMILES string of the molecule is CC1(CCC=O)CNCCO1. The molecule has 64 valence electrons. The molecule has 1 atom stereocenters. The van der Waals surface area contributed by atoms with Crippen LogP contribution in [0, 0.1) is 0 Å². The zero-order valence-corrected chi connectivity index (χ0v) is 6.93. The molecule has 1 aliphatic rings. The Hall–Kier alpha value is -0.410. The van der Waals surface area contributed by atoms with E-state index in [2.05, 4.69) is 5.32 Å². The lowest BCUT2D eigenvalue weighted by Gasteiger charge is -2.33. The number of hydrogen-bond acceptors (Lipinski definition) is 3. The standard InChI is InChI=1S/C8H15NO2/c1-8(3-2-5-10)7-9-4-6-11-8/h5,9H,2-4,6-7H2,1H3. The van der Waals surface area contributed by atoms with Crippen molar-refractivity contribution in [1.29, 1.82) is 0 Å². The van der Waals surface area contributed by atoms with Crippen LogP contribution < -0.4 is 5.32 Å². The Labute approximate surface area is 67.1 Å². The quantitative estimate of drug-likeness (QED) is 0.600. The van der Waals surface area contributed by atoms with E-state index in [-0.39, 0.29) is 5.60 Å². The number of hydrogen-bond donors (Lipinski definition) is 1. The summed E-state index contributed by atoms with van der Waals surface area (Å²) in [6, 6.07) is 0. The monoisotopic (exact) mass is 157 g/mol. The van der Waals surface area contributed by atoms with Crippen LogP contribution >= 0.6 is 0 Å². The highest BCUT2D eigenvalue weighted by Gasteiger charge is 2.26. The van der Waals surface area contributed by atoms with Crippen LogP contribution in [0.4, 0.5) is 0 Å². The summed E-state index contributed by atoms with van der Waals surface area (Å²) in [5.41, 5.74) is -0.112. The van der Waals surface area contributed by atoms with Gasteiger partial charge in [0.15, 0.2) is 0 Å². The zero-order valence-electron chi connectivity index (χ0n) is 6.93. The number of rotatable bonds is 3. The first-order chi connectivity index (χ1) is 5.27. The number of aldehydes is 1. The zero-order chi connectivity index (χ0) is 8.16. The van der Waals surface area contributed by atoms with Crippen molar-refractivity contribution in [1.82, 2.24) is 5.32 Å². The van der Waals surface area contributed by atoms with Crippen molar-refractivity contribution in [2.24, 2.45) is 0 Å². The van der Waals surface area contributed by atoms with E-state index in [0.29, 0.717) is 6.42 Å². The second-order valence-corrected chi connectivity index (χ2v) is 3.18. The Morgan fingerprint density at radius 3 is 3.09 bits per heavy atom. The molecule has 0 aromatic heterocycles. The van der Waals surface area contributed by atoms with Crippen LogP contribution in [-0.4, -0.2) is 31.6 Å². The van der Waals surface area contributed by atoms with Gasteiger partial charge in [-0.25, -0.2) is 0 Å². The molecule has 3 nitrogen and oxygen atoms in total. The minimum atomic E-state index is -0.112. The van der Waals surface area contributed by atoms with Gasteiger partial charge in [0.05, 0.1) is 12.2 Å². The van der Waals surface area contributed by atoms with Gasteiger partial charge < -0.3 is 14.8 Å². The molecule has 0 saturated carbocycles. The average molecular weight is 157 g/mol. The summed E-state index contributed by atoms with van der Waals surface area (Å²) < 4.78 is 5.55. The molecule has 1 fully saturated rings. The maximum atomic E-state index is 10.1. The van der Waals surface area contributed by atoms with Gasteiger partial charge in [-0.3, -0.25) is 0 Å². The summed E-state index contributed by atoms with van der Waals surface area (Å²) in [4.78, 5) is 10.1. The Kier molecular flexibility index (Phi) is 3.02. The Bertz CT molecular complexity index is 130. The number of carbonyl (C=O) groups is 1. The molecule has 1 unspecified atom stereocenters. The van der Waals surface area contributed by atoms with Crippen LogP contribution in [0.3, 0.4) is 0 Å². The van der Waals surface area contributed by atoms with E-state index in [1.54, 1.807) is 0 Å². The van der Waals surface area contributed by atoms with Crippen molar-refractivity contribution in [3.63, 3.8) is 0 Å². The Morgan fingerprint density at radius 2 is 2.55 bits per heavy atom. The molecule has 11 heavy (non-hydrogen) atoms. The summed E-state index contributed by atoms with van der Waals surface area (Å²) in [6.45, 7) is 4.59. The Balaban J connectivity index is 2.30. The first kappa shape index (κ1) is 8.68. The molecule has 0 aromatic rings. The lowest BCUT2D eigenvalue weighted by Crippen LogP contribution is -2.47. The van der Waals surface area contributed by atoms with Gasteiger partial charge >= 0.3 is 0 Å². The van der Waals surface area contributed by atoms with Crippen LogP contribution in [-0.2, 0) is 9.53 Å². The fourth-order valence-electron chi connectivity index (χ4n) is 1.30. The van der Waals surface area contributed by atoms with Gasteiger partial charge in [-0.1, -0.05) is 0 Å². The van der Waals surface area contributed by atoms with E-state index in [1.807, 2.05) is 6.92 Å². The van der Waals surface area contributed by atoms with Crippen LogP contribution in [0.2, 0.25) is 0 Å². The second kappa shape index (κ2) is 3.83. The molecule has 3 heteroatoms.